The van der Waals surface area contributed by atoms with Crippen molar-refractivity contribution in [1.29, 1.82) is 0 Å². The number of carbonyl (C=O) groups excluding carboxylic acids is 2. The van der Waals surface area contributed by atoms with E-state index in [4.69, 9.17) is 4.74 Å². The molecule has 1 fully saturated rings. The highest BCUT2D eigenvalue weighted by Crippen LogP contribution is 2.33. The monoisotopic (exact) mass is 480 g/mol. The molecule has 7 heteroatoms. The van der Waals surface area contributed by atoms with E-state index < -0.39 is 11.9 Å². The van der Waals surface area contributed by atoms with Crippen molar-refractivity contribution in [2.45, 2.75) is 50.6 Å². The van der Waals surface area contributed by atoms with E-state index in [1.165, 1.54) is 22.3 Å². The number of nitrogens with zero attached hydrogens (tertiary/aromatic N) is 1. The third-order valence-corrected chi connectivity index (χ3v) is 7.03. The van der Waals surface area contributed by atoms with Gasteiger partial charge in [-0.1, -0.05) is 49.6 Å². The van der Waals surface area contributed by atoms with Gasteiger partial charge in [-0.15, -0.1) is 11.3 Å². The minimum Gasteiger partial charge on any atom is -0.497 e. The maximum absolute atomic E-state index is 15.1. The standard InChI is InChI=1S/C27H29FN2O3S/c1-33-21-12-7-9-19(17-21)26(27(32)29-20-10-3-2-4-11-20)30(24-15-6-5-14-23(24)28)25(31)18-22-13-8-16-34-22/h5-9,12-17,20,26H,2-4,10-11,18H2,1H3,(H,29,32)/t26-/m1/s1. The number of carbonyl (C=O) groups is 2. The molecule has 34 heavy (non-hydrogen) atoms. The number of ether oxygens (including phenoxy) is 1. The van der Waals surface area contributed by atoms with E-state index in [2.05, 4.69) is 5.32 Å². The molecule has 1 aromatic heterocycles. The van der Waals surface area contributed by atoms with Crippen LogP contribution < -0.4 is 15.0 Å². The van der Waals surface area contributed by atoms with Crippen LogP contribution in [0, 0.1) is 5.82 Å². The molecule has 0 aliphatic heterocycles. The molecule has 0 spiro atoms. The van der Waals surface area contributed by atoms with E-state index in [9.17, 15) is 9.59 Å². The molecule has 0 radical (unpaired) electrons. The van der Waals surface area contributed by atoms with Crippen molar-refractivity contribution in [3.8, 4) is 5.75 Å². The van der Waals surface area contributed by atoms with Crippen LogP contribution in [0.25, 0.3) is 0 Å². The van der Waals surface area contributed by atoms with E-state index in [0.717, 1.165) is 37.0 Å². The fraction of sp³-hybridized carbons (Fsp3) is 0.333. The van der Waals surface area contributed by atoms with Crippen LogP contribution in [0.5, 0.6) is 5.75 Å². The average molecular weight is 481 g/mol. The zero-order chi connectivity index (χ0) is 23.9. The first kappa shape index (κ1) is 24.0. The van der Waals surface area contributed by atoms with E-state index in [1.807, 2.05) is 17.5 Å². The largest absolute Gasteiger partial charge is 0.497 e. The minimum atomic E-state index is -1.04. The summed E-state index contributed by atoms with van der Waals surface area (Å²) in [7, 11) is 1.55. The molecule has 1 heterocycles. The number of halogens is 1. The first-order valence-corrected chi connectivity index (χ1v) is 12.5. The van der Waals surface area contributed by atoms with Gasteiger partial charge in [0.25, 0.3) is 0 Å². The lowest BCUT2D eigenvalue weighted by atomic mass is 9.94. The molecule has 1 saturated carbocycles. The Hall–Kier alpha value is -3.19. The molecule has 4 rings (SSSR count). The average Bonchev–Trinajstić information content (AvgIpc) is 3.36. The summed E-state index contributed by atoms with van der Waals surface area (Å²) >= 11 is 1.46. The zero-order valence-corrected chi connectivity index (χ0v) is 20.0. The van der Waals surface area contributed by atoms with Crippen molar-refractivity contribution in [3.05, 3.63) is 82.3 Å². The Morgan fingerprint density at radius 2 is 1.88 bits per heavy atom. The number of amides is 2. The summed E-state index contributed by atoms with van der Waals surface area (Å²) in [6, 6.07) is 15.9. The quantitative estimate of drug-likeness (QED) is 0.453. The predicted molar refractivity (Wildman–Crippen MR) is 133 cm³/mol. The summed E-state index contributed by atoms with van der Waals surface area (Å²) in [4.78, 5) is 29.6. The van der Waals surface area contributed by atoms with Crippen LogP contribution in [0.2, 0.25) is 0 Å². The molecular weight excluding hydrogens is 451 g/mol. The molecule has 5 nitrogen and oxygen atoms in total. The van der Waals surface area contributed by atoms with Crippen LogP contribution in [0.3, 0.4) is 0 Å². The normalized spacial score (nSPS) is 14.9. The Morgan fingerprint density at radius 1 is 1.09 bits per heavy atom. The maximum atomic E-state index is 15.1. The Balaban J connectivity index is 1.78. The summed E-state index contributed by atoms with van der Waals surface area (Å²) < 4.78 is 20.5. The molecular formula is C27H29FN2O3S. The van der Waals surface area contributed by atoms with Gasteiger partial charge >= 0.3 is 0 Å². The molecule has 178 valence electrons. The fourth-order valence-corrected chi connectivity index (χ4v) is 5.16. The van der Waals surface area contributed by atoms with Gasteiger partial charge in [-0.3, -0.25) is 14.5 Å². The van der Waals surface area contributed by atoms with E-state index in [1.54, 1.807) is 49.6 Å². The number of hydrogen-bond acceptors (Lipinski definition) is 4. The first-order chi connectivity index (χ1) is 16.6. The summed E-state index contributed by atoms with van der Waals surface area (Å²) in [5, 5.41) is 5.04. The Morgan fingerprint density at radius 3 is 2.59 bits per heavy atom. The summed E-state index contributed by atoms with van der Waals surface area (Å²) in [5.74, 6) is -0.658. The van der Waals surface area contributed by atoms with Crippen molar-refractivity contribution < 1.29 is 18.7 Å². The second kappa shape index (κ2) is 11.3. The van der Waals surface area contributed by atoms with Crippen molar-refractivity contribution in [3.63, 3.8) is 0 Å². The lowest BCUT2D eigenvalue weighted by Gasteiger charge is -2.33. The fourth-order valence-electron chi connectivity index (χ4n) is 4.47. The molecule has 0 unspecified atom stereocenters. The third kappa shape index (κ3) is 5.65. The molecule has 2 amide bonds. The second-order valence-corrected chi connectivity index (χ2v) is 9.53. The SMILES string of the molecule is COc1cccc([C@H](C(=O)NC2CCCCC2)N(C(=O)Cc2cccs2)c2ccccc2F)c1. The second-order valence-electron chi connectivity index (χ2n) is 8.49. The molecule has 1 N–H and O–H groups in total. The minimum absolute atomic E-state index is 0.0456. The smallest absolute Gasteiger partial charge is 0.248 e. The van der Waals surface area contributed by atoms with Crippen molar-refractivity contribution >= 4 is 28.8 Å². The number of rotatable bonds is 8. The van der Waals surface area contributed by atoms with Crippen LogP contribution in [0.4, 0.5) is 10.1 Å². The van der Waals surface area contributed by atoms with Crippen LogP contribution in [0.1, 0.15) is 48.6 Å². The van der Waals surface area contributed by atoms with E-state index in [-0.39, 0.29) is 30.0 Å². The van der Waals surface area contributed by atoms with Gasteiger partial charge in [-0.25, -0.2) is 4.39 Å². The number of nitrogens with one attached hydrogen (secondary N) is 1. The van der Waals surface area contributed by atoms with Crippen LogP contribution in [0.15, 0.2) is 66.0 Å². The first-order valence-electron chi connectivity index (χ1n) is 11.6. The number of thiophene rings is 1. The Kier molecular flexibility index (Phi) is 7.95. The van der Waals surface area contributed by atoms with Gasteiger partial charge in [0.1, 0.15) is 17.6 Å². The van der Waals surface area contributed by atoms with Crippen molar-refractivity contribution in [1.82, 2.24) is 5.32 Å². The van der Waals surface area contributed by atoms with Gasteiger partial charge < -0.3 is 10.1 Å². The molecule has 2 aromatic carbocycles. The summed E-state index contributed by atoms with van der Waals surface area (Å²) in [5.41, 5.74) is 0.645. The zero-order valence-electron chi connectivity index (χ0n) is 19.2. The molecule has 1 atom stereocenters. The van der Waals surface area contributed by atoms with Crippen LogP contribution in [-0.4, -0.2) is 25.0 Å². The molecule has 0 bridgehead atoms. The highest BCUT2D eigenvalue weighted by molar-refractivity contribution is 7.10. The Bertz CT molecular complexity index is 1110. The van der Waals surface area contributed by atoms with Crippen molar-refractivity contribution in [2.24, 2.45) is 0 Å². The molecule has 1 aliphatic rings. The van der Waals surface area contributed by atoms with Gasteiger partial charge in [0.05, 0.1) is 19.2 Å². The topological polar surface area (TPSA) is 58.6 Å². The summed E-state index contributed by atoms with van der Waals surface area (Å²) in [6.07, 6.45) is 5.15. The van der Waals surface area contributed by atoms with Gasteiger partial charge in [0.2, 0.25) is 11.8 Å². The van der Waals surface area contributed by atoms with E-state index >= 15 is 4.39 Å². The van der Waals surface area contributed by atoms with Gasteiger partial charge in [-0.2, -0.15) is 0 Å². The number of anilines is 1. The molecule has 0 saturated heterocycles. The number of hydrogen-bond donors (Lipinski definition) is 1. The van der Waals surface area contributed by atoms with Crippen LogP contribution in [-0.2, 0) is 16.0 Å². The van der Waals surface area contributed by atoms with Gasteiger partial charge in [-0.05, 0) is 54.1 Å². The number of benzene rings is 2. The predicted octanol–water partition coefficient (Wildman–Crippen LogP) is 5.66. The molecule has 1 aliphatic carbocycles. The lowest BCUT2D eigenvalue weighted by Crippen LogP contribution is -2.48. The highest BCUT2D eigenvalue weighted by Gasteiger charge is 2.35. The van der Waals surface area contributed by atoms with Crippen molar-refractivity contribution in [2.75, 3.05) is 12.0 Å². The number of para-hydroxylation sites is 1. The third-order valence-electron chi connectivity index (χ3n) is 6.15. The lowest BCUT2D eigenvalue weighted by molar-refractivity contribution is -0.127. The highest BCUT2D eigenvalue weighted by atomic mass is 32.1. The maximum Gasteiger partial charge on any atom is 0.248 e. The van der Waals surface area contributed by atoms with Gasteiger partial charge in [0, 0.05) is 10.9 Å². The molecule has 3 aromatic rings. The van der Waals surface area contributed by atoms with Gasteiger partial charge in [0.15, 0.2) is 0 Å². The summed E-state index contributed by atoms with van der Waals surface area (Å²) in [6.45, 7) is 0. The van der Waals surface area contributed by atoms with Crippen LogP contribution >= 0.6 is 11.3 Å². The Labute approximate surface area is 203 Å². The van der Waals surface area contributed by atoms with E-state index in [0.29, 0.717) is 11.3 Å². The number of methoxy groups -OCH3 is 1.